The van der Waals surface area contributed by atoms with Crippen LogP contribution >= 0.6 is 0 Å². The maximum Gasteiger partial charge on any atom is 0.0932 e. The van der Waals surface area contributed by atoms with Gasteiger partial charge < -0.3 is 10.0 Å². The molecule has 2 aliphatic heterocycles. The van der Waals surface area contributed by atoms with Crippen molar-refractivity contribution in [2.45, 2.75) is 43.4 Å². The van der Waals surface area contributed by atoms with Gasteiger partial charge in [-0.05, 0) is 43.9 Å². The highest BCUT2D eigenvalue weighted by Crippen LogP contribution is 2.45. The van der Waals surface area contributed by atoms with Crippen molar-refractivity contribution in [2.24, 2.45) is 0 Å². The van der Waals surface area contributed by atoms with Gasteiger partial charge in [0.2, 0.25) is 0 Å². The summed E-state index contributed by atoms with van der Waals surface area (Å²) < 4.78 is 0. The Hall–Kier alpha value is -1.12. The van der Waals surface area contributed by atoms with Gasteiger partial charge in [0.05, 0.1) is 5.60 Å². The molecule has 2 aliphatic rings. The lowest BCUT2D eigenvalue weighted by Crippen LogP contribution is -2.47. The van der Waals surface area contributed by atoms with Crippen LogP contribution in [0.2, 0.25) is 0 Å². The van der Waals surface area contributed by atoms with Crippen LogP contribution in [0.5, 0.6) is 0 Å². The molecule has 0 aromatic heterocycles. The van der Waals surface area contributed by atoms with E-state index in [1.165, 1.54) is 12.8 Å². The fraction of sp³-hybridized carbons (Fsp3) is 0.500. The highest BCUT2D eigenvalue weighted by Gasteiger charge is 2.47. The van der Waals surface area contributed by atoms with Crippen molar-refractivity contribution in [1.29, 1.82) is 0 Å². The molecule has 2 unspecified atom stereocenters. The van der Waals surface area contributed by atoms with E-state index in [1.807, 2.05) is 24.3 Å². The number of hydrogen-bond acceptors (Lipinski definition) is 2. The molecule has 96 valence electrons. The van der Waals surface area contributed by atoms with E-state index >= 15 is 0 Å². The van der Waals surface area contributed by atoms with E-state index in [9.17, 15) is 5.11 Å². The van der Waals surface area contributed by atoms with E-state index in [0.29, 0.717) is 12.1 Å². The molecule has 1 aromatic carbocycles. The van der Waals surface area contributed by atoms with E-state index in [0.717, 1.165) is 24.0 Å². The Kier molecular flexibility index (Phi) is 2.80. The van der Waals surface area contributed by atoms with E-state index in [4.69, 9.17) is 0 Å². The maximum atomic E-state index is 11.1. The summed E-state index contributed by atoms with van der Waals surface area (Å²) in [5, 5.41) is 11.1. The lowest BCUT2D eigenvalue weighted by molar-refractivity contribution is -0.0494. The summed E-state index contributed by atoms with van der Waals surface area (Å²) in [6.45, 7) is 3.86. The second kappa shape index (κ2) is 4.22. The van der Waals surface area contributed by atoms with Crippen molar-refractivity contribution >= 4 is 6.08 Å². The van der Waals surface area contributed by atoms with Gasteiger partial charge >= 0.3 is 0 Å². The molecule has 2 nitrogen and oxygen atoms in total. The van der Waals surface area contributed by atoms with Gasteiger partial charge in [-0.2, -0.15) is 0 Å². The van der Waals surface area contributed by atoms with Crippen LogP contribution in [-0.4, -0.2) is 29.1 Å². The van der Waals surface area contributed by atoms with Crippen LogP contribution in [0.1, 0.15) is 36.8 Å². The van der Waals surface area contributed by atoms with Crippen LogP contribution in [0.4, 0.5) is 0 Å². The van der Waals surface area contributed by atoms with Gasteiger partial charge in [-0.25, -0.2) is 0 Å². The van der Waals surface area contributed by atoms with Crippen LogP contribution in [0, 0.1) is 0 Å². The predicted molar refractivity (Wildman–Crippen MR) is 74.2 cm³/mol. The highest BCUT2D eigenvalue weighted by molar-refractivity contribution is 5.54. The Morgan fingerprint density at radius 3 is 2.50 bits per heavy atom. The number of fused-ring (bicyclic) bond motifs is 2. The van der Waals surface area contributed by atoms with Crippen LogP contribution in [0.3, 0.4) is 0 Å². The summed E-state index contributed by atoms with van der Waals surface area (Å²) >= 11 is 0. The number of rotatable bonds is 2. The topological polar surface area (TPSA) is 23.5 Å². The minimum atomic E-state index is -0.664. The first-order valence-corrected chi connectivity index (χ1v) is 6.80. The van der Waals surface area contributed by atoms with Crippen molar-refractivity contribution in [3.63, 3.8) is 0 Å². The standard InChI is InChI=1S/C16H21NO/c1-3-12-6-4-5-7-15(12)16(18)10-13-8-9-14(11-16)17(13)2/h3-7,13-14,18H,1,8-11H2,2H3. The van der Waals surface area contributed by atoms with Crippen molar-refractivity contribution in [1.82, 2.24) is 4.90 Å². The predicted octanol–water partition coefficient (Wildman–Crippen LogP) is 2.77. The van der Waals surface area contributed by atoms with Crippen LogP contribution in [-0.2, 0) is 5.60 Å². The molecule has 18 heavy (non-hydrogen) atoms. The van der Waals surface area contributed by atoms with Gasteiger partial charge in [0.15, 0.2) is 0 Å². The van der Waals surface area contributed by atoms with Gasteiger partial charge in [-0.1, -0.05) is 36.9 Å². The Bertz CT molecular complexity index is 454. The summed E-state index contributed by atoms with van der Waals surface area (Å²) in [6, 6.07) is 9.19. The fourth-order valence-electron chi connectivity index (χ4n) is 3.76. The van der Waals surface area contributed by atoms with Crippen molar-refractivity contribution < 1.29 is 5.11 Å². The Morgan fingerprint density at radius 2 is 1.89 bits per heavy atom. The lowest BCUT2D eigenvalue weighted by Gasteiger charge is -2.43. The number of benzene rings is 1. The molecular formula is C16H21NO. The maximum absolute atomic E-state index is 11.1. The molecular weight excluding hydrogens is 222 g/mol. The first-order chi connectivity index (χ1) is 8.64. The fourth-order valence-corrected chi connectivity index (χ4v) is 3.76. The zero-order valence-corrected chi connectivity index (χ0v) is 11.0. The third-order valence-electron chi connectivity index (χ3n) is 4.81. The van der Waals surface area contributed by atoms with Gasteiger partial charge in [-0.15, -0.1) is 0 Å². The van der Waals surface area contributed by atoms with Gasteiger partial charge in [-0.3, -0.25) is 0 Å². The molecule has 2 saturated heterocycles. The minimum absolute atomic E-state index is 0.534. The molecule has 2 fully saturated rings. The van der Waals surface area contributed by atoms with E-state index in [2.05, 4.69) is 24.6 Å². The first-order valence-electron chi connectivity index (χ1n) is 6.80. The highest BCUT2D eigenvalue weighted by atomic mass is 16.3. The molecule has 0 spiro atoms. The van der Waals surface area contributed by atoms with Crippen molar-refractivity contribution in [3.05, 3.63) is 42.0 Å². The molecule has 2 heterocycles. The quantitative estimate of drug-likeness (QED) is 0.863. The van der Waals surface area contributed by atoms with Crippen LogP contribution in [0.15, 0.2) is 30.8 Å². The van der Waals surface area contributed by atoms with E-state index < -0.39 is 5.60 Å². The van der Waals surface area contributed by atoms with E-state index in [1.54, 1.807) is 0 Å². The summed E-state index contributed by atoms with van der Waals surface area (Å²) in [5.41, 5.74) is 1.47. The van der Waals surface area contributed by atoms with Gasteiger partial charge in [0.25, 0.3) is 0 Å². The normalized spacial score (nSPS) is 35.7. The molecule has 3 rings (SSSR count). The summed E-state index contributed by atoms with van der Waals surface area (Å²) in [6.07, 6.45) is 6.00. The average Bonchev–Trinajstić information content (AvgIpc) is 2.63. The second-order valence-electron chi connectivity index (χ2n) is 5.78. The van der Waals surface area contributed by atoms with E-state index in [-0.39, 0.29) is 0 Å². The zero-order valence-electron chi connectivity index (χ0n) is 11.0. The molecule has 2 atom stereocenters. The van der Waals surface area contributed by atoms with Crippen LogP contribution < -0.4 is 0 Å². The molecule has 0 aliphatic carbocycles. The van der Waals surface area contributed by atoms with Crippen LogP contribution in [0.25, 0.3) is 6.08 Å². The second-order valence-corrected chi connectivity index (χ2v) is 5.78. The summed E-state index contributed by atoms with van der Waals surface area (Å²) in [4.78, 5) is 2.45. The third kappa shape index (κ3) is 1.72. The number of hydrogen-bond donors (Lipinski definition) is 1. The summed E-state index contributed by atoms with van der Waals surface area (Å²) in [5.74, 6) is 0. The SMILES string of the molecule is C=Cc1ccccc1C1(O)CC2CCC(C1)N2C. The molecule has 0 saturated carbocycles. The Morgan fingerprint density at radius 1 is 1.28 bits per heavy atom. The average molecular weight is 243 g/mol. The Balaban J connectivity index is 1.98. The van der Waals surface area contributed by atoms with Crippen molar-refractivity contribution in [2.75, 3.05) is 7.05 Å². The lowest BCUT2D eigenvalue weighted by atomic mass is 9.79. The van der Waals surface area contributed by atoms with Gasteiger partial charge in [0, 0.05) is 12.1 Å². The Labute approximate surface area is 109 Å². The first kappa shape index (κ1) is 11.9. The zero-order chi connectivity index (χ0) is 12.8. The van der Waals surface area contributed by atoms with Gasteiger partial charge in [0.1, 0.15) is 0 Å². The minimum Gasteiger partial charge on any atom is -0.385 e. The molecule has 1 N–H and O–H groups in total. The van der Waals surface area contributed by atoms with Crippen molar-refractivity contribution in [3.8, 4) is 0 Å². The smallest absolute Gasteiger partial charge is 0.0932 e. The monoisotopic (exact) mass is 243 g/mol. The number of aliphatic hydroxyl groups is 1. The largest absolute Gasteiger partial charge is 0.385 e. The summed E-state index contributed by atoms with van der Waals surface area (Å²) in [7, 11) is 2.20. The number of piperidine rings is 1. The molecule has 0 amide bonds. The molecule has 0 radical (unpaired) electrons. The third-order valence-corrected chi connectivity index (χ3v) is 4.81. The number of nitrogens with zero attached hydrogens (tertiary/aromatic N) is 1. The molecule has 1 aromatic rings. The molecule has 2 heteroatoms. The molecule has 2 bridgehead atoms.